The summed E-state index contributed by atoms with van der Waals surface area (Å²) < 4.78 is 16.4. The van der Waals surface area contributed by atoms with Gasteiger partial charge in [0.2, 0.25) is 5.91 Å². The molecule has 5 aromatic rings. The zero-order valence-electron chi connectivity index (χ0n) is 34.0. The fraction of sp³-hybridized carbons (Fsp3) is 0.277. The summed E-state index contributed by atoms with van der Waals surface area (Å²) in [6.07, 6.45) is 4.07. The lowest BCUT2D eigenvalue weighted by atomic mass is 9.72. The first-order valence-electron chi connectivity index (χ1n) is 19.4. The summed E-state index contributed by atoms with van der Waals surface area (Å²) in [4.78, 5) is 56.9. The van der Waals surface area contributed by atoms with Crippen molar-refractivity contribution in [3.05, 3.63) is 142 Å². The maximum absolute atomic E-state index is 14.4. The van der Waals surface area contributed by atoms with E-state index in [1.807, 2.05) is 36.4 Å². The van der Waals surface area contributed by atoms with E-state index in [1.165, 1.54) is 30.2 Å². The zero-order chi connectivity index (χ0) is 42.1. The van der Waals surface area contributed by atoms with Crippen LogP contribution >= 0.6 is 23.1 Å². The molecule has 12 heteroatoms. The number of ether oxygens (including phenoxy) is 3. The molecule has 0 radical (unpaired) electrons. The second-order valence-electron chi connectivity index (χ2n) is 15.1. The fourth-order valence-electron chi connectivity index (χ4n) is 6.93. The third-order valence-electron chi connectivity index (χ3n) is 10.2. The van der Waals surface area contributed by atoms with Gasteiger partial charge >= 0.3 is 5.97 Å². The number of rotatable bonds is 14. The smallest absolute Gasteiger partial charge is 0.341 e. The lowest BCUT2D eigenvalue weighted by molar-refractivity contribution is -0.116. The van der Waals surface area contributed by atoms with E-state index in [-0.39, 0.29) is 23.6 Å². The Kier molecular flexibility index (Phi) is 14.0. The SMILES string of the molecule is CCOC(=O)c1c(NC(=O)C(Sc2cccc(NC(=O)/C(=C\c3ccc(OC)cc3OC)NC(=O)c3ccccc3)c2)c2ccccc2)sc2c1CCC(C(C)(C)C)C2. The van der Waals surface area contributed by atoms with Gasteiger partial charge in [0.1, 0.15) is 27.4 Å². The standard InChI is InChI=1S/C47H49N3O7S2/c1-7-57-46(54)40-36-24-22-32(47(2,3)4)26-39(36)59-45(40)50-44(53)41(29-15-10-8-11-16-29)58-35-20-14-19-33(27-35)48-43(52)37(49-42(51)30-17-12-9-13-18-30)25-31-21-23-34(55-5)28-38(31)56-6/h8-21,23,25,27-28,32,41H,7,22,24,26H2,1-6H3,(H,48,52)(H,49,51)(H,50,53)/b37-25+. The number of hydrogen-bond donors (Lipinski definition) is 3. The minimum absolute atomic E-state index is 0.0215. The van der Waals surface area contributed by atoms with Crippen LogP contribution in [0.3, 0.4) is 0 Å². The van der Waals surface area contributed by atoms with E-state index in [1.54, 1.807) is 86.8 Å². The van der Waals surface area contributed by atoms with Crippen LogP contribution in [0.25, 0.3) is 6.08 Å². The molecule has 1 heterocycles. The number of esters is 1. The molecule has 59 heavy (non-hydrogen) atoms. The van der Waals surface area contributed by atoms with Crippen LogP contribution in [0.5, 0.6) is 11.5 Å². The van der Waals surface area contributed by atoms with Crippen molar-refractivity contribution in [1.29, 1.82) is 0 Å². The molecule has 6 rings (SSSR count). The van der Waals surface area contributed by atoms with Gasteiger partial charge in [-0.15, -0.1) is 23.1 Å². The largest absolute Gasteiger partial charge is 0.497 e. The molecule has 4 aromatic carbocycles. The van der Waals surface area contributed by atoms with E-state index in [0.717, 1.165) is 35.3 Å². The van der Waals surface area contributed by atoms with E-state index < -0.39 is 23.0 Å². The summed E-state index contributed by atoms with van der Waals surface area (Å²) in [5.41, 5.74) is 3.63. The van der Waals surface area contributed by atoms with Crippen molar-refractivity contribution in [1.82, 2.24) is 5.32 Å². The third-order valence-corrected chi connectivity index (χ3v) is 12.6. The van der Waals surface area contributed by atoms with Crippen molar-refractivity contribution in [3.8, 4) is 11.5 Å². The van der Waals surface area contributed by atoms with Crippen molar-refractivity contribution >= 4 is 63.6 Å². The summed E-state index contributed by atoms with van der Waals surface area (Å²) in [5, 5.41) is 8.61. The quantitative estimate of drug-likeness (QED) is 0.0573. The minimum Gasteiger partial charge on any atom is -0.497 e. The lowest BCUT2D eigenvalue weighted by Crippen LogP contribution is -2.30. The number of amides is 3. The maximum atomic E-state index is 14.4. The molecular weight excluding hydrogens is 783 g/mol. The lowest BCUT2D eigenvalue weighted by Gasteiger charge is -2.33. The number of anilines is 2. The topological polar surface area (TPSA) is 132 Å². The molecular formula is C47H49N3O7S2. The van der Waals surface area contributed by atoms with E-state index in [2.05, 4.69) is 36.7 Å². The van der Waals surface area contributed by atoms with Crippen molar-refractivity contribution in [2.75, 3.05) is 31.5 Å². The molecule has 3 N–H and O–H groups in total. The highest BCUT2D eigenvalue weighted by atomic mass is 32.2. The van der Waals surface area contributed by atoms with Crippen LogP contribution in [0.2, 0.25) is 0 Å². The summed E-state index contributed by atoms with van der Waals surface area (Å²) >= 11 is 2.78. The summed E-state index contributed by atoms with van der Waals surface area (Å²) in [7, 11) is 3.06. The zero-order valence-corrected chi connectivity index (χ0v) is 35.7. The van der Waals surface area contributed by atoms with Crippen LogP contribution in [0.15, 0.2) is 114 Å². The third kappa shape index (κ3) is 10.6. The van der Waals surface area contributed by atoms with Gasteiger partial charge in [-0.25, -0.2) is 4.79 Å². The monoisotopic (exact) mass is 831 g/mol. The van der Waals surface area contributed by atoms with E-state index >= 15 is 0 Å². The number of methoxy groups -OCH3 is 2. The Bertz CT molecular complexity index is 2330. The van der Waals surface area contributed by atoms with E-state index in [4.69, 9.17) is 14.2 Å². The Morgan fingerprint density at radius 2 is 1.61 bits per heavy atom. The molecule has 306 valence electrons. The highest BCUT2D eigenvalue weighted by Gasteiger charge is 2.35. The molecule has 0 aliphatic heterocycles. The van der Waals surface area contributed by atoms with Crippen LogP contribution in [-0.4, -0.2) is 44.5 Å². The Morgan fingerprint density at radius 1 is 0.881 bits per heavy atom. The molecule has 3 amide bonds. The van der Waals surface area contributed by atoms with Gasteiger partial charge in [0.25, 0.3) is 11.8 Å². The van der Waals surface area contributed by atoms with Crippen molar-refractivity contribution < 1.29 is 33.4 Å². The number of hydrogen-bond acceptors (Lipinski definition) is 9. The van der Waals surface area contributed by atoms with Gasteiger partial charge < -0.3 is 30.2 Å². The first-order valence-corrected chi connectivity index (χ1v) is 21.1. The minimum atomic E-state index is -0.721. The van der Waals surface area contributed by atoms with Gasteiger partial charge in [0, 0.05) is 32.7 Å². The molecule has 0 bridgehead atoms. The van der Waals surface area contributed by atoms with Gasteiger partial charge in [0.15, 0.2) is 0 Å². The number of fused-ring (bicyclic) bond motifs is 1. The molecule has 1 aliphatic rings. The second-order valence-corrected chi connectivity index (χ2v) is 17.4. The molecule has 1 aliphatic carbocycles. The number of carbonyl (C=O) groups is 4. The molecule has 10 nitrogen and oxygen atoms in total. The molecule has 0 fully saturated rings. The van der Waals surface area contributed by atoms with Crippen LogP contribution in [0, 0.1) is 11.3 Å². The van der Waals surface area contributed by atoms with Gasteiger partial charge in [-0.05, 0) is 97.2 Å². The van der Waals surface area contributed by atoms with E-state index in [9.17, 15) is 19.2 Å². The molecule has 0 spiro atoms. The molecule has 0 saturated heterocycles. The van der Waals surface area contributed by atoms with Crippen molar-refractivity contribution in [3.63, 3.8) is 0 Å². The van der Waals surface area contributed by atoms with Crippen LogP contribution in [-0.2, 0) is 27.2 Å². The van der Waals surface area contributed by atoms with E-state index in [0.29, 0.717) is 49.7 Å². The van der Waals surface area contributed by atoms with Crippen molar-refractivity contribution in [2.45, 2.75) is 57.1 Å². The Hall–Kier alpha value is -5.85. The number of carbonyl (C=O) groups excluding carboxylic acids is 4. The summed E-state index contributed by atoms with van der Waals surface area (Å²) in [5.74, 6) is -0.308. The van der Waals surface area contributed by atoms with Crippen LogP contribution < -0.4 is 25.4 Å². The molecule has 2 unspecified atom stereocenters. The average molecular weight is 832 g/mol. The highest BCUT2D eigenvalue weighted by molar-refractivity contribution is 8.00. The predicted molar refractivity (Wildman–Crippen MR) is 235 cm³/mol. The second kappa shape index (κ2) is 19.3. The van der Waals surface area contributed by atoms with Gasteiger partial charge in [-0.1, -0.05) is 75.4 Å². The van der Waals surface area contributed by atoms with Gasteiger partial charge in [-0.3, -0.25) is 14.4 Å². The maximum Gasteiger partial charge on any atom is 0.341 e. The fourth-order valence-corrected chi connectivity index (χ4v) is 9.33. The molecule has 2 atom stereocenters. The van der Waals surface area contributed by atoms with Crippen LogP contribution in [0.1, 0.15) is 81.6 Å². The normalized spacial score (nSPS) is 14.3. The summed E-state index contributed by atoms with van der Waals surface area (Å²) in [6, 6.07) is 30.3. The Morgan fingerprint density at radius 3 is 2.29 bits per heavy atom. The predicted octanol–water partition coefficient (Wildman–Crippen LogP) is 9.97. The van der Waals surface area contributed by atoms with Gasteiger partial charge in [-0.2, -0.15) is 0 Å². The first kappa shape index (κ1) is 42.7. The average Bonchev–Trinajstić information content (AvgIpc) is 3.60. The first-order chi connectivity index (χ1) is 28.4. The number of benzene rings is 4. The van der Waals surface area contributed by atoms with Gasteiger partial charge in [0.05, 0.1) is 26.4 Å². The highest BCUT2D eigenvalue weighted by Crippen LogP contribution is 2.45. The number of thioether (sulfide) groups is 1. The number of nitrogens with one attached hydrogen (secondary N) is 3. The molecule has 1 aromatic heterocycles. The Balaban J connectivity index is 1.27. The Labute approximate surface area is 353 Å². The summed E-state index contributed by atoms with van der Waals surface area (Å²) in [6.45, 7) is 8.73. The van der Waals surface area contributed by atoms with Crippen LogP contribution in [0.4, 0.5) is 10.7 Å². The number of thiophene rings is 1. The van der Waals surface area contributed by atoms with Crippen molar-refractivity contribution in [2.24, 2.45) is 11.3 Å². The molecule has 0 saturated carbocycles.